The predicted molar refractivity (Wildman–Crippen MR) is 98.7 cm³/mol. The molecule has 0 aliphatic carbocycles. The van der Waals surface area contributed by atoms with Gasteiger partial charge in [0.25, 0.3) is 0 Å². The van der Waals surface area contributed by atoms with Crippen LogP contribution in [0.3, 0.4) is 0 Å². The lowest BCUT2D eigenvalue weighted by Gasteiger charge is -2.28. The lowest BCUT2D eigenvalue weighted by Crippen LogP contribution is -2.33. The van der Waals surface area contributed by atoms with E-state index in [1.54, 1.807) is 37.8 Å². The molecule has 8 heteroatoms. The van der Waals surface area contributed by atoms with E-state index in [1.807, 2.05) is 4.68 Å². The van der Waals surface area contributed by atoms with Crippen LogP contribution < -0.4 is 10.1 Å². The van der Waals surface area contributed by atoms with Gasteiger partial charge in [0.2, 0.25) is 0 Å². The number of halogens is 1. The molecule has 1 N–H and O–H groups in total. The normalized spacial score (nSPS) is 14.0. The molecule has 140 valence electrons. The van der Waals surface area contributed by atoms with Gasteiger partial charge in [-0.25, -0.2) is 9.37 Å². The fraction of sp³-hybridized carbons (Fsp3) is 0.316. The molecule has 4 rings (SSSR count). The van der Waals surface area contributed by atoms with Crippen molar-refractivity contribution < 1.29 is 9.13 Å². The molecular weight excluding hydrogens is 347 g/mol. The van der Waals surface area contributed by atoms with Gasteiger partial charge in [0.1, 0.15) is 17.4 Å². The molecule has 0 bridgehead atoms. The molecule has 0 amide bonds. The van der Waals surface area contributed by atoms with Gasteiger partial charge < -0.3 is 10.1 Å². The van der Waals surface area contributed by atoms with E-state index in [9.17, 15) is 4.39 Å². The van der Waals surface area contributed by atoms with Crippen molar-refractivity contribution >= 4 is 5.82 Å². The molecule has 0 unspecified atom stereocenters. The summed E-state index contributed by atoms with van der Waals surface area (Å²) >= 11 is 0. The summed E-state index contributed by atoms with van der Waals surface area (Å²) in [6.07, 6.45) is 4.98. The first kappa shape index (κ1) is 17.4. The molecule has 0 fully saturated rings. The standard InChI is InChI=1S/C19H21FN6O/c1-27-18-3-2-15(20)8-14(18)12-25-6-7-26-17(13-25)9-16(24-26)10-23-19-11-21-4-5-22-19/h2-5,8-9,11H,6-7,10,12-13H2,1H3,(H,22,23). The Balaban J connectivity index is 1.41. The Bertz CT molecular complexity index is 914. The zero-order chi connectivity index (χ0) is 18.6. The number of benzene rings is 1. The monoisotopic (exact) mass is 368 g/mol. The van der Waals surface area contributed by atoms with Crippen molar-refractivity contribution in [3.63, 3.8) is 0 Å². The summed E-state index contributed by atoms with van der Waals surface area (Å²) in [6, 6.07) is 6.73. The first-order valence-corrected chi connectivity index (χ1v) is 8.81. The highest BCUT2D eigenvalue weighted by atomic mass is 19.1. The lowest BCUT2D eigenvalue weighted by atomic mass is 10.1. The molecule has 1 aliphatic heterocycles. The maximum atomic E-state index is 13.6. The molecule has 0 atom stereocenters. The summed E-state index contributed by atoms with van der Waals surface area (Å²) < 4.78 is 21.0. The Kier molecular flexibility index (Phi) is 4.97. The number of nitrogens with one attached hydrogen (secondary N) is 1. The molecule has 3 aromatic rings. The van der Waals surface area contributed by atoms with E-state index in [0.29, 0.717) is 18.8 Å². The smallest absolute Gasteiger partial charge is 0.144 e. The van der Waals surface area contributed by atoms with Crippen LogP contribution in [0.25, 0.3) is 0 Å². The van der Waals surface area contributed by atoms with Gasteiger partial charge in [0.05, 0.1) is 37.8 Å². The Hall–Kier alpha value is -3.00. The molecule has 1 aliphatic rings. The van der Waals surface area contributed by atoms with Crippen LogP contribution in [-0.4, -0.2) is 38.3 Å². The van der Waals surface area contributed by atoms with Gasteiger partial charge in [-0.2, -0.15) is 5.10 Å². The maximum absolute atomic E-state index is 13.6. The number of aromatic nitrogens is 4. The van der Waals surface area contributed by atoms with Crippen molar-refractivity contribution in [1.82, 2.24) is 24.6 Å². The summed E-state index contributed by atoms with van der Waals surface area (Å²) in [4.78, 5) is 10.5. The Morgan fingerprint density at radius 1 is 1.22 bits per heavy atom. The van der Waals surface area contributed by atoms with Crippen LogP contribution in [0.1, 0.15) is 17.0 Å². The first-order valence-electron chi connectivity index (χ1n) is 8.81. The summed E-state index contributed by atoms with van der Waals surface area (Å²) in [7, 11) is 1.61. The van der Waals surface area contributed by atoms with E-state index in [1.165, 1.54) is 6.07 Å². The van der Waals surface area contributed by atoms with E-state index < -0.39 is 0 Å². The van der Waals surface area contributed by atoms with Gasteiger partial charge in [0.15, 0.2) is 0 Å². The minimum Gasteiger partial charge on any atom is -0.496 e. The zero-order valence-corrected chi connectivity index (χ0v) is 15.1. The molecule has 1 aromatic carbocycles. The predicted octanol–water partition coefficient (Wildman–Crippen LogP) is 2.45. The van der Waals surface area contributed by atoms with Crippen LogP contribution in [0.15, 0.2) is 42.9 Å². The third-order valence-electron chi connectivity index (χ3n) is 4.58. The lowest BCUT2D eigenvalue weighted by molar-refractivity contribution is 0.202. The second kappa shape index (κ2) is 7.71. The number of methoxy groups -OCH3 is 1. The van der Waals surface area contributed by atoms with Crippen molar-refractivity contribution in [2.24, 2.45) is 0 Å². The van der Waals surface area contributed by atoms with Gasteiger partial charge >= 0.3 is 0 Å². The van der Waals surface area contributed by atoms with Crippen molar-refractivity contribution in [3.8, 4) is 5.75 Å². The van der Waals surface area contributed by atoms with E-state index in [2.05, 4.69) is 31.3 Å². The number of ether oxygens (including phenoxy) is 1. The molecule has 0 spiro atoms. The van der Waals surface area contributed by atoms with E-state index in [4.69, 9.17) is 4.74 Å². The average Bonchev–Trinajstić information content (AvgIpc) is 3.10. The molecular formula is C19H21FN6O. The quantitative estimate of drug-likeness (QED) is 0.721. The third-order valence-corrected chi connectivity index (χ3v) is 4.58. The van der Waals surface area contributed by atoms with Gasteiger partial charge in [0, 0.05) is 37.6 Å². The minimum atomic E-state index is -0.245. The first-order chi connectivity index (χ1) is 13.2. The van der Waals surface area contributed by atoms with Gasteiger partial charge in [-0.15, -0.1) is 0 Å². The van der Waals surface area contributed by atoms with Crippen LogP contribution >= 0.6 is 0 Å². The van der Waals surface area contributed by atoms with E-state index >= 15 is 0 Å². The van der Waals surface area contributed by atoms with Gasteiger partial charge in [-0.3, -0.25) is 14.6 Å². The van der Waals surface area contributed by atoms with Gasteiger partial charge in [-0.05, 0) is 24.3 Å². The van der Waals surface area contributed by atoms with Crippen molar-refractivity contribution in [3.05, 3.63) is 65.6 Å². The fourth-order valence-corrected chi connectivity index (χ4v) is 3.28. The zero-order valence-electron chi connectivity index (χ0n) is 15.1. The molecule has 7 nitrogen and oxygen atoms in total. The summed E-state index contributed by atoms with van der Waals surface area (Å²) in [6.45, 7) is 3.65. The van der Waals surface area contributed by atoms with Crippen LogP contribution in [0.4, 0.5) is 10.2 Å². The van der Waals surface area contributed by atoms with Gasteiger partial charge in [-0.1, -0.05) is 0 Å². The molecule has 2 aromatic heterocycles. The second-order valence-corrected chi connectivity index (χ2v) is 6.46. The number of hydrogen-bond donors (Lipinski definition) is 1. The minimum absolute atomic E-state index is 0.245. The largest absolute Gasteiger partial charge is 0.496 e. The van der Waals surface area contributed by atoms with Crippen LogP contribution in [0.2, 0.25) is 0 Å². The maximum Gasteiger partial charge on any atom is 0.144 e. The number of anilines is 1. The Morgan fingerprint density at radius 2 is 2.15 bits per heavy atom. The summed E-state index contributed by atoms with van der Waals surface area (Å²) in [5.41, 5.74) is 2.96. The molecule has 3 heterocycles. The molecule has 0 radical (unpaired) electrons. The van der Waals surface area contributed by atoms with Crippen LogP contribution in [-0.2, 0) is 26.2 Å². The van der Waals surface area contributed by atoms with Crippen molar-refractivity contribution in [2.45, 2.75) is 26.2 Å². The van der Waals surface area contributed by atoms with Crippen molar-refractivity contribution in [1.29, 1.82) is 0 Å². The van der Waals surface area contributed by atoms with Crippen LogP contribution in [0, 0.1) is 5.82 Å². The van der Waals surface area contributed by atoms with Crippen molar-refractivity contribution in [2.75, 3.05) is 19.0 Å². The Labute approximate surface area is 156 Å². The summed E-state index contributed by atoms with van der Waals surface area (Å²) in [5.74, 6) is 1.19. The summed E-state index contributed by atoms with van der Waals surface area (Å²) in [5, 5.41) is 7.87. The fourth-order valence-electron chi connectivity index (χ4n) is 3.28. The van der Waals surface area contributed by atoms with Crippen LogP contribution in [0.5, 0.6) is 5.75 Å². The molecule has 0 saturated heterocycles. The highest BCUT2D eigenvalue weighted by Gasteiger charge is 2.20. The average molecular weight is 368 g/mol. The number of fused-ring (bicyclic) bond motifs is 1. The molecule has 0 saturated carbocycles. The third kappa shape index (κ3) is 4.06. The highest BCUT2D eigenvalue weighted by Crippen LogP contribution is 2.23. The van der Waals surface area contributed by atoms with E-state index in [-0.39, 0.29) is 5.82 Å². The highest BCUT2D eigenvalue weighted by molar-refractivity contribution is 5.34. The number of nitrogens with zero attached hydrogens (tertiary/aromatic N) is 5. The Morgan fingerprint density at radius 3 is 2.96 bits per heavy atom. The van der Waals surface area contributed by atoms with E-state index in [0.717, 1.165) is 42.4 Å². The number of rotatable bonds is 6. The second-order valence-electron chi connectivity index (χ2n) is 6.46. The topological polar surface area (TPSA) is 68.1 Å². The number of hydrogen-bond acceptors (Lipinski definition) is 6. The molecule has 27 heavy (non-hydrogen) atoms. The SMILES string of the molecule is COc1ccc(F)cc1CN1CCn2nc(CNc3cnccn3)cc2C1.